The Morgan fingerprint density at radius 2 is 1.97 bits per heavy atom. The third-order valence-electron chi connectivity index (χ3n) is 8.71. The van der Waals surface area contributed by atoms with Crippen LogP contribution in [0, 0.1) is 28.6 Å². The van der Waals surface area contributed by atoms with Gasteiger partial charge in [0.2, 0.25) is 0 Å². The van der Waals surface area contributed by atoms with Gasteiger partial charge in [-0.1, -0.05) is 19.9 Å². The maximum atomic E-state index is 16.9. The van der Waals surface area contributed by atoms with Crippen LogP contribution in [0.2, 0.25) is 0 Å². The van der Waals surface area contributed by atoms with Crippen LogP contribution >= 0.6 is 12.2 Å². The van der Waals surface area contributed by atoms with Crippen molar-refractivity contribution >= 4 is 23.1 Å². The van der Waals surface area contributed by atoms with Crippen molar-refractivity contribution in [2.24, 2.45) is 28.6 Å². The van der Waals surface area contributed by atoms with E-state index in [1.165, 1.54) is 25.3 Å². The van der Waals surface area contributed by atoms with Gasteiger partial charge in [-0.05, 0) is 68.0 Å². The fourth-order valence-electron chi connectivity index (χ4n) is 7.13. The molecule has 4 rings (SSSR count). The van der Waals surface area contributed by atoms with Gasteiger partial charge in [0.25, 0.3) is 0 Å². The molecular formula is C22H28F2O4S. The van der Waals surface area contributed by atoms with Crippen LogP contribution < -0.4 is 0 Å². The zero-order chi connectivity index (χ0) is 21.6. The highest BCUT2D eigenvalue weighted by Gasteiger charge is 2.76. The minimum atomic E-state index is -2.15. The monoisotopic (exact) mass is 426 g/mol. The highest BCUT2D eigenvalue weighted by molar-refractivity contribution is 7.80. The van der Waals surface area contributed by atoms with Crippen LogP contribution in [0.3, 0.4) is 0 Å². The van der Waals surface area contributed by atoms with Crippen LogP contribution in [-0.2, 0) is 9.53 Å². The van der Waals surface area contributed by atoms with Gasteiger partial charge in [0.05, 0.1) is 13.2 Å². The van der Waals surface area contributed by atoms with Crippen molar-refractivity contribution in [3.63, 3.8) is 0 Å². The number of hydrogen-bond acceptors (Lipinski definition) is 5. The molecule has 0 heterocycles. The number of carbonyl (C=O) groups is 1. The van der Waals surface area contributed by atoms with Gasteiger partial charge in [0.1, 0.15) is 11.8 Å². The number of aliphatic hydroxyl groups excluding tert-OH is 1. The van der Waals surface area contributed by atoms with Crippen molar-refractivity contribution in [1.82, 2.24) is 0 Å². The fourth-order valence-corrected chi connectivity index (χ4v) is 7.56. The summed E-state index contributed by atoms with van der Waals surface area (Å²) in [6.45, 7) is 5.20. The Labute approximate surface area is 175 Å². The topological polar surface area (TPSA) is 66.8 Å². The zero-order valence-electron chi connectivity index (χ0n) is 17.1. The number of methoxy groups -OCH3 is 1. The van der Waals surface area contributed by atoms with Gasteiger partial charge in [0, 0.05) is 16.7 Å². The van der Waals surface area contributed by atoms with Crippen LogP contribution in [0.4, 0.5) is 8.78 Å². The van der Waals surface area contributed by atoms with Gasteiger partial charge >= 0.3 is 0 Å². The number of halogens is 2. The molecule has 3 fully saturated rings. The van der Waals surface area contributed by atoms with Gasteiger partial charge in [-0.3, -0.25) is 4.79 Å². The predicted molar refractivity (Wildman–Crippen MR) is 108 cm³/mol. The molecule has 4 aliphatic carbocycles. The number of fused-ring (bicyclic) bond motifs is 5. The van der Waals surface area contributed by atoms with Gasteiger partial charge in [0.15, 0.2) is 16.5 Å². The first-order valence-electron chi connectivity index (χ1n) is 10.1. The number of aliphatic hydroxyl groups is 2. The van der Waals surface area contributed by atoms with E-state index in [1.54, 1.807) is 13.8 Å². The first-order chi connectivity index (χ1) is 13.4. The molecule has 160 valence electrons. The molecule has 0 radical (unpaired) electrons. The summed E-state index contributed by atoms with van der Waals surface area (Å²) in [5, 5.41) is 22.8. The highest BCUT2D eigenvalue weighted by Crippen LogP contribution is 2.71. The maximum Gasteiger partial charge on any atom is 0.192 e. The van der Waals surface area contributed by atoms with E-state index in [0.29, 0.717) is 6.42 Å². The number of carbonyl (C=O) groups excluding carboxylic acids is 1. The number of rotatable bonds is 1. The second-order valence-electron chi connectivity index (χ2n) is 9.75. The third kappa shape index (κ3) is 2.24. The molecule has 0 aliphatic heterocycles. The van der Waals surface area contributed by atoms with Crippen molar-refractivity contribution < 1.29 is 28.5 Å². The Bertz CT molecular complexity index is 843. The lowest BCUT2D eigenvalue weighted by Crippen LogP contribution is -2.70. The number of ketones is 1. The maximum absolute atomic E-state index is 16.9. The van der Waals surface area contributed by atoms with Crippen molar-refractivity contribution in [1.29, 1.82) is 0 Å². The van der Waals surface area contributed by atoms with Crippen LogP contribution in [-0.4, -0.2) is 51.7 Å². The number of thiocarbonyl (C=S) groups is 1. The summed E-state index contributed by atoms with van der Waals surface area (Å²) in [5.41, 5.74) is -5.95. The van der Waals surface area contributed by atoms with E-state index in [4.69, 9.17) is 17.0 Å². The second kappa shape index (κ2) is 6.17. The van der Waals surface area contributed by atoms with Crippen LogP contribution in [0.1, 0.15) is 40.0 Å². The number of hydrogen-bond donors (Lipinski definition) is 2. The highest BCUT2D eigenvalue weighted by atomic mass is 32.1. The van der Waals surface area contributed by atoms with Crippen molar-refractivity contribution in [3.8, 4) is 0 Å². The molecule has 0 unspecified atom stereocenters. The molecule has 7 heteroatoms. The molecule has 0 spiro atoms. The van der Waals surface area contributed by atoms with Crippen LogP contribution in [0.15, 0.2) is 23.8 Å². The summed E-state index contributed by atoms with van der Waals surface area (Å²) in [6, 6.07) is 0. The Balaban J connectivity index is 1.87. The molecule has 4 nitrogen and oxygen atoms in total. The van der Waals surface area contributed by atoms with E-state index in [-0.39, 0.29) is 35.2 Å². The van der Waals surface area contributed by atoms with E-state index < -0.39 is 46.2 Å². The van der Waals surface area contributed by atoms with Crippen molar-refractivity contribution in [2.45, 2.75) is 63.6 Å². The van der Waals surface area contributed by atoms with Gasteiger partial charge in [-0.2, -0.15) is 0 Å². The standard InChI is InChI=1S/C22H28F2O4S/c1-11-7-13-14-9-16(23)15-8-12(25)5-6-19(15,2)21(14,24)17(26)10-20(13,3)22(11,27)18(29)28-4/h5-6,8,11,13-14,16-17,26-27H,7,9-10H2,1-4H3/t11-,13+,14+,16+,17+,19+,20+,21+,22+/m1/s1. The molecule has 0 amide bonds. The van der Waals surface area contributed by atoms with Gasteiger partial charge in [-0.15, -0.1) is 0 Å². The Hall–Kier alpha value is -1.18. The molecule has 29 heavy (non-hydrogen) atoms. The number of alkyl halides is 2. The molecular weight excluding hydrogens is 398 g/mol. The molecule has 0 aromatic rings. The van der Waals surface area contributed by atoms with E-state index in [0.717, 1.165) is 0 Å². The Morgan fingerprint density at radius 3 is 2.59 bits per heavy atom. The van der Waals surface area contributed by atoms with Gasteiger partial charge in [-0.25, -0.2) is 8.78 Å². The quantitative estimate of drug-likeness (QED) is 0.630. The number of allylic oxidation sites excluding steroid dienone is 4. The van der Waals surface area contributed by atoms with Crippen LogP contribution in [0.25, 0.3) is 0 Å². The van der Waals surface area contributed by atoms with E-state index in [2.05, 4.69) is 0 Å². The zero-order valence-corrected chi connectivity index (χ0v) is 17.9. The molecule has 4 aliphatic rings. The predicted octanol–water partition coefficient (Wildman–Crippen LogP) is 3.26. The van der Waals surface area contributed by atoms with Gasteiger partial charge < -0.3 is 14.9 Å². The lowest BCUT2D eigenvalue weighted by molar-refractivity contribution is -0.215. The minimum absolute atomic E-state index is 0.0242. The molecule has 9 atom stereocenters. The third-order valence-corrected chi connectivity index (χ3v) is 9.18. The largest absolute Gasteiger partial charge is 0.488 e. The minimum Gasteiger partial charge on any atom is -0.488 e. The summed E-state index contributed by atoms with van der Waals surface area (Å²) in [7, 11) is 1.39. The first-order valence-corrected chi connectivity index (χ1v) is 10.6. The lowest BCUT2D eigenvalue weighted by Gasteiger charge is -2.63. The summed E-state index contributed by atoms with van der Waals surface area (Å²) in [4.78, 5) is 11.8. The van der Waals surface area contributed by atoms with E-state index >= 15 is 8.78 Å². The molecule has 0 aromatic carbocycles. The molecule has 0 aromatic heterocycles. The summed E-state index contributed by atoms with van der Waals surface area (Å²) >= 11 is 5.33. The molecule has 2 N–H and O–H groups in total. The Kier molecular flexibility index (Phi) is 4.48. The Morgan fingerprint density at radius 1 is 1.31 bits per heavy atom. The number of ether oxygens (including phenoxy) is 1. The summed E-state index contributed by atoms with van der Waals surface area (Å²) < 4.78 is 37.5. The SMILES string of the molecule is COC(=S)[C@@]1(O)[C@H](C)C[C@H]2[C@@H]3C[C@H](F)C4=CC(=O)C=C[C@]4(C)[C@@]3(F)[C@@H](O)C[C@@]21C. The van der Waals surface area contributed by atoms with E-state index in [1.807, 2.05) is 6.92 Å². The molecule has 0 saturated heterocycles. The normalized spacial score (nSPS) is 53.6. The average Bonchev–Trinajstić information content (AvgIpc) is 2.86. The second-order valence-corrected chi connectivity index (χ2v) is 10.1. The van der Waals surface area contributed by atoms with Crippen LogP contribution in [0.5, 0.6) is 0 Å². The molecule has 0 bridgehead atoms. The molecule has 3 saturated carbocycles. The summed E-state index contributed by atoms with van der Waals surface area (Å²) in [6.07, 6.45) is 1.18. The van der Waals surface area contributed by atoms with Crippen molar-refractivity contribution in [3.05, 3.63) is 23.8 Å². The summed E-state index contributed by atoms with van der Waals surface area (Å²) in [5.74, 6) is -1.92. The van der Waals surface area contributed by atoms with E-state index in [9.17, 15) is 15.0 Å². The first kappa shape index (κ1) is 21.1. The average molecular weight is 427 g/mol. The smallest absolute Gasteiger partial charge is 0.192 e. The fraction of sp³-hybridized carbons (Fsp3) is 0.727. The van der Waals surface area contributed by atoms with Crippen molar-refractivity contribution in [2.75, 3.05) is 7.11 Å². The lowest BCUT2D eigenvalue weighted by atomic mass is 9.44.